The Balaban J connectivity index is 2.23. The molecule has 0 heterocycles. The largest absolute Gasteiger partial charge is 0.0955 e. The van der Waals surface area contributed by atoms with Crippen molar-refractivity contribution in [2.45, 2.75) is 33.1 Å². The fourth-order valence-corrected chi connectivity index (χ4v) is 2.87. The molecule has 0 N–H and O–H groups in total. The molecular weight excluding hydrogens is 252 g/mol. The van der Waals surface area contributed by atoms with Crippen LogP contribution in [0.25, 0.3) is 11.1 Å². The molecule has 2 rings (SSSR count). The highest BCUT2D eigenvalue weighted by molar-refractivity contribution is 5.69. The van der Waals surface area contributed by atoms with Crippen LogP contribution >= 0.6 is 0 Å². The first kappa shape index (κ1) is 15.3. The second-order valence-corrected chi connectivity index (χ2v) is 5.89. The summed E-state index contributed by atoms with van der Waals surface area (Å²) in [4.78, 5) is 0. The summed E-state index contributed by atoms with van der Waals surface area (Å²) in [5.74, 6) is 0.435. The summed E-state index contributed by atoms with van der Waals surface area (Å²) in [7, 11) is 0. The van der Waals surface area contributed by atoms with E-state index in [1.165, 1.54) is 27.8 Å². The van der Waals surface area contributed by atoms with E-state index in [-0.39, 0.29) is 0 Å². The van der Waals surface area contributed by atoms with Gasteiger partial charge in [-0.15, -0.1) is 0 Å². The van der Waals surface area contributed by atoms with Gasteiger partial charge in [0.15, 0.2) is 0 Å². The van der Waals surface area contributed by atoms with Crippen molar-refractivity contribution in [1.82, 2.24) is 0 Å². The van der Waals surface area contributed by atoms with Crippen LogP contribution in [0.5, 0.6) is 0 Å². The lowest BCUT2D eigenvalue weighted by Crippen LogP contribution is -2.00. The van der Waals surface area contributed by atoms with Crippen molar-refractivity contribution in [2.75, 3.05) is 0 Å². The first-order valence-corrected chi connectivity index (χ1v) is 7.49. The Bertz CT molecular complexity index is 661. The fraction of sp³-hybridized carbons (Fsp3) is 0.238. The van der Waals surface area contributed by atoms with Crippen molar-refractivity contribution in [2.24, 2.45) is 0 Å². The van der Waals surface area contributed by atoms with Gasteiger partial charge in [0.25, 0.3) is 0 Å². The van der Waals surface area contributed by atoms with Gasteiger partial charge in [-0.2, -0.15) is 0 Å². The van der Waals surface area contributed by atoms with Gasteiger partial charge in [0, 0.05) is 0 Å². The Labute approximate surface area is 128 Å². The van der Waals surface area contributed by atoms with E-state index in [4.69, 9.17) is 0 Å². The molecule has 1 atom stereocenters. The highest BCUT2D eigenvalue weighted by Crippen LogP contribution is 2.32. The summed E-state index contributed by atoms with van der Waals surface area (Å²) in [6.07, 6.45) is 0.967. The van der Waals surface area contributed by atoms with Gasteiger partial charge in [0.05, 0.1) is 0 Å². The molecule has 0 saturated carbocycles. The standard InChI is InChI=1S/C21H24/c1-15(2)19-11-8-9-13-21(19)18(5)14-17(4)20-12-7-6-10-16(20)3/h6-13,18H,1,4,14H2,2-3,5H3. The van der Waals surface area contributed by atoms with E-state index in [2.05, 4.69) is 82.5 Å². The Morgan fingerprint density at radius 2 is 1.52 bits per heavy atom. The number of benzene rings is 2. The van der Waals surface area contributed by atoms with Crippen molar-refractivity contribution in [3.63, 3.8) is 0 Å². The molecular formula is C21H24. The molecule has 0 aliphatic carbocycles. The average molecular weight is 276 g/mol. The molecule has 0 spiro atoms. The van der Waals surface area contributed by atoms with Gasteiger partial charge < -0.3 is 0 Å². The maximum Gasteiger partial charge on any atom is -0.0144 e. The maximum absolute atomic E-state index is 4.30. The zero-order valence-electron chi connectivity index (χ0n) is 13.3. The van der Waals surface area contributed by atoms with Crippen molar-refractivity contribution in [3.05, 3.63) is 83.9 Å². The maximum atomic E-state index is 4.30. The first-order chi connectivity index (χ1) is 10.0. The van der Waals surface area contributed by atoms with Crippen LogP contribution in [0, 0.1) is 6.92 Å². The van der Waals surface area contributed by atoms with Crippen LogP contribution in [0.1, 0.15) is 48.4 Å². The number of allylic oxidation sites excluding steroid dienone is 2. The third kappa shape index (κ3) is 3.52. The van der Waals surface area contributed by atoms with Crippen LogP contribution in [0.4, 0.5) is 0 Å². The van der Waals surface area contributed by atoms with Gasteiger partial charge in [-0.3, -0.25) is 0 Å². The highest BCUT2D eigenvalue weighted by Gasteiger charge is 2.13. The lowest BCUT2D eigenvalue weighted by atomic mass is 9.86. The number of rotatable bonds is 5. The molecule has 0 fully saturated rings. The number of hydrogen-bond acceptors (Lipinski definition) is 0. The third-order valence-corrected chi connectivity index (χ3v) is 4.03. The van der Waals surface area contributed by atoms with Crippen LogP contribution in [-0.2, 0) is 0 Å². The summed E-state index contributed by atoms with van der Waals surface area (Å²) >= 11 is 0. The third-order valence-electron chi connectivity index (χ3n) is 4.03. The molecule has 0 amide bonds. The molecule has 21 heavy (non-hydrogen) atoms. The summed E-state index contributed by atoms with van der Waals surface area (Å²) in [6, 6.07) is 17.0. The minimum Gasteiger partial charge on any atom is -0.0955 e. The SMILES string of the molecule is C=C(CC(C)c1ccccc1C(=C)C)c1ccccc1C. The molecule has 2 aromatic carbocycles. The highest BCUT2D eigenvalue weighted by atomic mass is 14.2. The topological polar surface area (TPSA) is 0 Å². The monoisotopic (exact) mass is 276 g/mol. The molecule has 0 aromatic heterocycles. The molecule has 0 radical (unpaired) electrons. The lowest BCUT2D eigenvalue weighted by Gasteiger charge is -2.19. The van der Waals surface area contributed by atoms with E-state index < -0.39 is 0 Å². The van der Waals surface area contributed by atoms with Gasteiger partial charge in [0.1, 0.15) is 0 Å². The van der Waals surface area contributed by atoms with E-state index in [1.54, 1.807) is 0 Å². The molecule has 0 aliphatic heterocycles. The van der Waals surface area contributed by atoms with Crippen LogP contribution in [0.3, 0.4) is 0 Å². The van der Waals surface area contributed by atoms with Gasteiger partial charge in [-0.25, -0.2) is 0 Å². The van der Waals surface area contributed by atoms with Gasteiger partial charge in [0.2, 0.25) is 0 Å². The van der Waals surface area contributed by atoms with Gasteiger partial charge in [-0.1, -0.05) is 74.2 Å². The van der Waals surface area contributed by atoms with Gasteiger partial charge in [-0.05, 0) is 54.0 Å². The number of hydrogen-bond donors (Lipinski definition) is 0. The Hall–Kier alpha value is -2.08. The van der Waals surface area contributed by atoms with Crippen LogP contribution in [0.2, 0.25) is 0 Å². The second-order valence-electron chi connectivity index (χ2n) is 5.89. The molecule has 0 nitrogen and oxygen atoms in total. The minimum absolute atomic E-state index is 0.435. The van der Waals surface area contributed by atoms with Crippen LogP contribution < -0.4 is 0 Å². The predicted molar refractivity (Wildman–Crippen MR) is 94.4 cm³/mol. The molecule has 0 bridgehead atoms. The number of aryl methyl sites for hydroxylation is 1. The molecule has 0 aliphatic rings. The summed E-state index contributed by atoms with van der Waals surface area (Å²) in [5, 5.41) is 0. The predicted octanol–water partition coefficient (Wildman–Crippen LogP) is 6.24. The van der Waals surface area contributed by atoms with Crippen LogP contribution in [0.15, 0.2) is 61.7 Å². The average Bonchev–Trinajstić information content (AvgIpc) is 2.47. The van der Waals surface area contributed by atoms with Crippen molar-refractivity contribution >= 4 is 11.1 Å². The van der Waals surface area contributed by atoms with E-state index in [9.17, 15) is 0 Å². The summed E-state index contributed by atoms with van der Waals surface area (Å²) in [6.45, 7) is 14.9. The van der Waals surface area contributed by atoms with Crippen molar-refractivity contribution < 1.29 is 0 Å². The van der Waals surface area contributed by atoms with Crippen molar-refractivity contribution in [3.8, 4) is 0 Å². The Kier molecular flexibility index (Phi) is 4.80. The molecule has 2 aromatic rings. The lowest BCUT2D eigenvalue weighted by molar-refractivity contribution is 0.789. The molecule has 0 saturated heterocycles. The van der Waals surface area contributed by atoms with E-state index in [1.807, 2.05) is 0 Å². The van der Waals surface area contributed by atoms with Gasteiger partial charge >= 0.3 is 0 Å². The summed E-state index contributed by atoms with van der Waals surface area (Å²) in [5.41, 5.74) is 7.53. The van der Waals surface area contributed by atoms with Crippen LogP contribution in [-0.4, -0.2) is 0 Å². The smallest absolute Gasteiger partial charge is 0.0144 e. The quantitative estimate of drug-likeness (QED) is 0.606. The van der Waals surface area contributed by atoms with E-state index in [0.717, 1.165) is 12.0 Å². The second kappa shape index (κ2) is 6.58. The summed E-state index contributed by atoms with van der Waals surface area (Å²) < 4.78 is 0. The minimum atomic E-state index is 0.435. The zero-order chi connectivity index (χ0) is 15.4. The molecule has 108 valence electrons. The van der Waals surface area contributed by atoms with Crippen molar-refractivity contribution in [1.29, 1.82) is 0 Å². The normalized spacial score (nSPS) is 12.0. The first-order valence-electron chi connectivity index (χ1n) is 7.49. The Morgan fingerprint density at radius 3 is 2.14 bits per heavy atom. The fourth-order valence-electron chi connectivity index (χ4n) is 2.87. The molecule has 1 unspecified atom stereocenters. The van der Waals surface area contributed by atoms with E-state index in [0.29, 0.717) is 5.92 Å². The zero-order valence-corrected chi connectivity index (χ0v) is 13.3. The Morgan fingerprint density at radius 1 is 0.952 bits per heavy atom. The van der Waals surface area contributed by atoms with E-state index >= 15 is 0 Å². The molecule has 0 heteroatoms.